The molecule has 52 heavy (non-hydrogen) atoms. The Hall–Kier alpha value is -1.66. The van der Waals surface area contributed by atoms with E-state index in [4.69, 9.17) is 4.74 Å². The highest BCUT2D eigenvalue weighted by molar-refractivity contribution is 5.78. The minimum absolute atomic E-state index is 0.0242. The molecule has 0 saturated heterocycles. The van der Waals surface area contributed by atoms with Crippen molar-refractivity contribution in [2.45, 2.75) is 251 Å². The number of carbonyl (C=O) groups excluding carboxylic acids is 2. The summed E-state index contributed by atoms with van der Waals surface area (Å²) in [6.07, 6.45) is 44.1. The van der Waals surface area contributed by atoms with Crippen LogP contribution in [0.2, 0.25) is 0 Å². The maximum Gasteiger partial charge on any atom is 0.306 e. The summed E-state index contributed by atoms with van der Waals surface area (Å²) in [5.41, 5.74) is 0. The number of aliphatic hydroxyl groups excluding tert-OH is 2. The zero-order valence-electron chi connectivity index (χ0n) is 34.7. The number of carbonyl (C=O) groups is 2. The Morgan fingerprint density at radius 1 is 0.577 bits per heavy atom. The number of allylic oxidation sites excluding steroid dienone is 3. The zero-order chi connectivity index (χ0) is 38.2. The summed E-state index contributed by atoms with van der Waals surface area (Å²) in [5.74, 6) is -0.597. The lowest BCUT2D eigenvalue weighted by atomic mass is 10.0. The number of hydrogen-bond acceptors (Lipinski definition) is 5. The van der Waals surface area contributed by atoms with Crippen molar-refractivity contribution in [1.82, 2.24) is 5.32 Å². The van der Waals surface area contributed by atoms with Crippen molar-refractivity contribution in [3.8, 4) is 0 Å². The monoisotopic (exact) mass is 734 g/mol. The summed E-state index contributed by atoms with van der Waals surface area (Å²) in [5, 5.41) is 23.5. The first-order valence-electron chi connectivity index (χ1n) is 22.6. The molecule has 0 aliphatic carbocycles. The molecule has 0 aliphatic heterocycles. The molecule has 0 aromatic carbocycles. The van der Waals surface area contributed by atoms with Crippen molar-refractivity contribution in [3.05, 3.63) is 24.3 Å². The number of esters is 1. The smallest absolute Gasteiger partial charge is 0.306 e. The Bertz CT molecular complexity index is 828. The minimum Gasteiger partial charge on any atom is -0.458 e. The topological polar surface area (TPSA) is 95.9 Å². The van der Waals surface area contributed by atoms with Gasteiger partial charge in [-0.3, -0.25) is 9.59 Å². The number of nitrogens with one attached hydrogen (secondary N) is 1. The first kappa shape index (κ1) is 50.3. The van der Waals surface area contributed by atoms with E-state index in [1.165, 1.54) is 141 Å². The molecule has 3 unspecified atom stereocenters. The van der Waals surface area contributed by atoms with Crippen LogP contribution in [0.25, 0.3) is 0 Å². The lowest BCUT2D eigenvalue weighted by molar-refractivity contribution is -0.148. The number of ether oxygens (including phenoxy) is 1. The molecule has 6 nitrogen and oxygen atoms in total. The van der Waals surface area contributed by atoms with E-state index in [1.54, 1.807) is 0 Å². The van der Waals surface area contributed by atoms with Crippen LogP contribution in [0.15, 0.2) is 24.3 Å². The highest BCUT2D eigenvalue weighted by Gasteiger charge is 2.23. The third kappa shape index (κ3) is 35.4. The molecule has 0 aromatic heterocycles. The van der Waals surface area contributed by atoms with Gasteiger partial charge in [-0.25, -0.2) is 0 Å². The second-order valence-electron chi connectivity index (χ2n) is 15.5. The molecule has 0 spiro atoms. The minimum atomic E-state index is -0.804. The maximum atomic E-state index is 13.1. The molecular formula is C46H87NO5. The molecule has 0 aliphatic rings. The fourth-order valence-corrected chi connectivity index (χ4v) is 6.81. The summed E-state index contributed by atoms with van der Waals surface area (Å²) in [4.78, 5) is 25.8. The van der Waals surface area contributed by atoms with Crippen molar-refractivity contribution >= 4 is 11.9 Å². The van der Waals surface area contributed by atoms with Gasteiger partial charge >= 0.3 is 5.97 Å². The summed E-state index contributed by atoms with van der Waals surface area (Å²) >= 11 is 0. The average molecular weight is 734 g/mol. The second kappa shape index (κ2) is 40.5. The van der Waals surface area contributed by atoms with Gasteiger partial charge in [0, 0.05) is 6.42 Å². The van der Waals surface area contributed by atoms with Gasteiger partial charge in [0.05, 0.1) is 25.2 Å². The normalized spacial score (nSPS) is 13.6. The van der Waals surface area contributed by atoms with Gasteiger partial charge < -0.3 is 20.3 Å². The fraction of sp³-hybridized carbons (Fsp3) is 0.870. The van der Waals surface area contributed by atoms with Crippen LogP contribution < -0.4 is 5.32 Å². The Balaban J connectivity index is 4.67. The van der Waals surface area contributed by atoms with E-state index in [-0.39, 0.29) is 24.9 Å². The lowest BCUT2D eigenvalue weighted by Crippen LogP contribution is -2.46. The van der Waals surface area contributed by atoms with Crippen LogP contribution in [-0.4, -0.2) is 46.9 Å². The maximum absolute atomic E-state index is 13.1. The van der Waals surface area contributed by atoms with Crippen LogP contribution in [0.4, 0.5) is 0 Å². The molecule has 0 fully saturated rings. The van der Waals surface area contributed by atoms with E-state index in [0.29, 0.717) is 12.8 Å². The third-order valence-corrected chi connectivity index (χ3v) is 10.3. The van der Waals surface area contributed by atoms with E-state index in [1.807, 2.05) is 12.2 Å². The molecule has 3 atom stereocenters. The molecule has 0 radical (unpaired) electrons. The average Bonchev–Trinajstić information content (AvgIpc) is 3.13. The number of rotatable bonds is 40. The van der Waals surface area contributed by atoms with Crippen molar-refractivity contribution in [1.29, 1.82) is 0 Å². The van der Waals surface area contributed by atoms with Gasteiger partial charge in [0.1, 0.15) is 6.10 Å². The highest BCUT2D eigenvalue weighted by Crippen LogP contribution is 2.16. The number of unbranched alkanes of at least 4 members (excludes halogenated alkanes) is 26. The molecular weight excluding hydrogens is 647 g/mol. The Kier molecular flexibility index (Phi) is 39.2. The third-order valence-electron chi connectivity index (χ3n) is 10.3. The van der Waals surface area contributed by atoms with Gasteiger partial charge in [0.2, 0.25) is 5.91 Å². The van der Waals surface area contributed by atoms with Crippen molar-refractivity contribution < 1.29 is 24.5 Å². The SMILES string of the molecule is CCCCCCCC/C=C\C/C=C/C(CC(=O)NC(CO)C(O)CCCCCCCCCCCC)OC(=O)CCCCCCCCCCCCCC. The molecule has 3 N–H and O–H groups in total. The van der Waals surface area contributed by atoms with Crippen LogP contribution in [-0.2, 0) is 14.3 Å². The Morgan fingerprint density at radius 3 is 1.50 bits per heavy atom. The summed E-state index contributed by atoms with van der Waals surface area (Å²) in [7, 11) is 0. The Morgan fingerprint density at radius 2 is 1.02 bits per heavy atom. The van der Waals surface area contributed by atoms with Gasteiger partial charge in [-0.15, -0.1) is 0 Å². The van der Waals surface area contributed by atoms with E-state index in [0.717, 1.165) is 51.4 Å². The van der Waals surface area contributed by atoms with Crippen molar-refractivity contribution in [3.63, 3.8) is 0 Å². The molecule has 0 rings (SSSR count). The molecule has 0 aromatic rings. The highest BCUT2D eigenvalue weighted by atomic mass is 16.5. The fourth-order valence-electron chi connectivity index (χ4n) is 6.81. The van der Waals surface area contributed by atoms with Crippen molar-refractivity contribution in [2.24, 2.45) is 0 Å². The summed E-state index contributed by atoms with van der Waals surface area (Å²) in [6.45, 7) is 6.42. The van der Waals surface area contributed by atoms with Crippen LogP contribution >= 0.6 is 0 Å². The van der Waals surface area contributed by atoms with Gasteiger partial charge in [0.15, 0.2) is 0 Å². The van der Waals surface area contributed by atoms with Crippen LogP contribution in [0, 0.1) is 0 Å². The second-order valence-corrected chi connectivity index (χ2v) is 15.5. The standard InChI is InChI=1S/C46H87NO5/c1-4-7-10-13-16-19-22-24-27-30-33-36-39-46(51)52-42(37-34-31-28-25-23-20-17-14-11-8-5-2)40-45(50)47-43(41-48)44(49)38-35-32-29-26-21-18-15-12-9-6-3/h25,28,34,37,42-44,48-49H,4-24,26-27,29-33,35-36,38-41H2,1-3H3,(H,47,50)/b28-25-,37-34+. The van der Waals surface area contributed by atoms with E-state index in [9.17, 15) is 19.8 Å². The largest absolute Gasteiger partial charge is 0.458 e. The summed E-state index contributed by atoms with van der Waals surface area (Å²) < 4.78 is 5.79. The molecule has 1 amide bonds. The van der Waals surface area contributed by atoms with E-state index >= 15 is 0 Å². The van der Waals surface area contributed by atoms with E-state index in [2.05, 4.69) is 38.2 Å². The van der Waals surface area contributed by atoms with Crippen molar-refractivity contribution in [2.75, 3.05) is 6.61 Å². The molecule has 6 heteroatoms. The Labute approximate surface area is 322 Å². The molecule has 306 valence electrons. The lowest BCUT2D eigenvalue weighted by Gasteiger charge is -2.23. The van der Waals surface area contributed by atoms with E-state index < -0.39 is 18.2 Å². The first-order valence-corrected chi connectivity index (χ1v) is 22.6. The predicted molar refractivity (Wildman–Crippen MR) is 223 cm³/mol. The zero-order valence-corrected chi connectivity index (χ0v) is 34.7. The van der Waals surface area contributed by atoms with Crippen LogP contribution in [0.5, 0.6) is 0 Å². The first-order chi connectivity index (χ1) is 25.5. The van der Waals surface area contributed by atoms with Crippen LogP contribution in [0.1, 0.15) is 233 Å². The molecule has 0 bridgehead atoms. The molecule has 0 heterocycles. The van der Waals surface area contributed by atoms with Gasteiger partial charge in [-0.2, -0.15) is 0 Å². The summed E-state index contributed by atoms with van der Waals surface area (Å²) in [6, 6.07) is -0.725. The van der Waals surface area contributed by atoms with Gasteiger partial charge in [0.25, 0.3) is 0 Å². The van der Waals surface area contributed by atoms with Gasteiger partial charge in [-0.1, -0.05) is 206 Å². The predicted octanol–water partition coefficient (Wildman–Crippen LogP) is 12.8. The number of aliphatic hydroxyl groups is 2. The quantitative estimate of drug-likeness (QED) is 0.0331. The number of hydrogen-bond donors (Lipinski definition) is 3. The molecule has 0 saturated carbocycles. The van der Waals surface area contributed by atoms with Crippen LogP contribution in [0.3, 0.4) is 0 Å². The van der Waals surface area contributed by atoms with Gasteiger partial charge in [-0.05, 0) is 38.2 Å². The number of amides is 1.